The Labute approximate surface area is 155 Å². The van der Waals surface area contributed by atoms with Crippen LogP contribution in [-0.4, -0.2) is 20.4 Å². The predicted octanol–water partition coefficient (Wildman–Crippen LogP) is 4.18. The first-order chi connectivity index (χ1) is 11.9. The molecule has 1 aromatic heterocycles. The van der Waals surface area contributed by atoms with Crippen LogP contribution in [0.3, 0.4) is 0 Å². The molecule has 0 radical (unpaired) electrons. The number of sulfonamides is 1. The van der Waals surface area contributed by atoms with Crippen LogP contribution >= 0.6 is 15.9 Å². The van der Waals surface area contributed by atoms with Gasteiger partial charge in [-0.1, -0.05) is 41.3 Å². The van der Waals surface area contributed by atoms with E-state index in [9.17, 15) is 13.7 Å². The average Bonchev–Trinajstić information content (AvgIpc) is 3.06. The lowest BCUT2D eigenvalue weighted by Crippen LogP contribution is -2.26. The summed E-state index contributed by atoms with van der Waals surface area (Å²) in [5.41, 5.74) is 0.00152. The first kappa shape index (κ1) is 18.0. The van der Waals surface area contributed by atoms with Gasteiger partial charge in [-0.3, -0.25) is 0 Å². The molecule has 8 heteroatoms. The highest BCUT2D eigenvalue weighted by atomic mass is 79.9. The lowest BCUT2D eigenvalue weighted by atomic mass is 9.89. The number of aromatic nitrogens is 1. The number of nitriles is 1. The van der Waals surface area contributed by atoms with Gasteiger partial charge in [0.05, 0.1) is 4.90 Å². The number of benzene rings is 1. The Morgan fingerprint density at radius 2 is 2.04 bits per heavy atom. The minimum Gasteiger partial charge on any atom is -0.422 e. The molecule has 3 rings (SSSR count). The van der Waals surface area contributed by atoms with Gasteiger partial charge in [0.25, 0.3) is 10.0 Å². The normalized spacial score (nSPS) is 15.7. The average molecular weight is 424 g/mol. The van der Waals surface area contributed by atoms with Gasteiger partial charge in [0.2, 0.25) is 17.5 Å². The number of nitrogens with zero attached hydrogens (tertiary/aromatic N) is 3. The van der Waals surface area contributed by atoms with E-state index in [0.29, 0.717) is 10.4 Å². The molecule has 0 atom stereocenters. The third-order valence-corrected chi connectivity index (χ3v) is 6.66. The van der Waals surface area contributed by atoms with Crippen molar-refractivity contribution < 1.29 is 12.8 Å². The number of rotatable bonds is 4. The number of hydrogen-bond donors (Lipinski definition) is 0. The molecule has 1 fully saturated rings. The molecule has 6 nitrogen and oxygen atoms in total. The Hall–Kier alpha value is -1.85. The van der Waals surface area contributed by atoms with Crippen molar-refractivity contribution in [3.8, 4) is 6.07 Å². The molecule has 1 aliphatic rings. The fraction of sp³-hybridized carbons (Fsp3) is 0.412. The molecule has 0 unspecified atom stereocenters. The summed E-state index contributed by atoms with van der Waals surface area (Å²) in [7, 11) is -2.47. The quantitative estimate of drug-likeness (QED) is 0.735. The maximum Gasteiger partial charge on any atom is 0.266 e. The Morgan fingerprint density at radius 1 is 1.32 bits per heavy atom. The highest BCUT2D eigenvalue weighted by molar-refractivity contribution is 9.10. The fourth-order valence-electron chi connectivity index (χ4n) is 3.03. The van der Waals surface area contributed by atoms with E-state index in [1.54, 1.807) is 12.1 Å². The predicted molar refractivity (Wildman–Crippen MR) is 96.8 cm³/mol. The first-order valence-corrected chi connectivity index (χ1v) is 10.3. The fourth-order valence-corrected chi connectivity index (χ4v) is 4.77. The first-order valence-electron chi connectivity index (χ1n) is 8.09. The van der Waals surface area contributed by atoms with Crippen LogP contribution in [0.4, 0.5) is 5.88 Å². The van der Waals surface area contributed by atoms with Crippen LogP contribution in [0.1, 0.15) is 49.6 Å². The second-order valence-electron chi connectivity index (χ2n) is 6.08. The molecule has 25 heavy (non-hydrogen) atoms. The second-order valence-corrected chi connectivity index (χ2v) is 8.97. The molecule has 132 valence electrons. The van der Waals surface area contributed by atoms with Gasteiger partial charge in [-0.25, -0.2) is 17.7 Å². The second kappa shape index (κ2) is 7.18. The zero-order chi connectivity index (χ0) is 18.0. The van der Waals surface area contributed by atoms with Crippen LogP contribution < -0.4 is 4.31 Å². The van der Waals surface area contributed by atoms with E-state index < -0.39 is 10.0 Å². The van der Waals surface area contributed by atoms with E-state index in [1.807, 2.05) is 6.07 Å². The van der Waals surface area contributed by atoms with Crippen molar-refractivity contribution in [3.05, 3.63) is 40.3 Å². The van der Waals surface area contributed by atoms with Crippen LogP contribution in [0.5, 0.6) is 0 Å². The lowest BCUT2D eigenvalue weighted by molar-refractivity contribution is 0.366. The Kier molecular flexibility index (Phi) is 5.16. The van der Waals surface area contributed by atoms with E-state index in [4.69, 9.17) is 4.42 Å². The van der Waals surface area contributed by atoms with Crippen molar-refractivity contribution in [1.82, 2.24) is 4.98 Å². The minimum atomic E-state index is -3.85. The molecule has 1 aliphatic carbocycles. The van der Waals surface area contributed by atoms with E-state index in [0.717, 1.165) is 30.0 Å². The summed E-state index contributed by atoms with van der Waals surface area (Å²) >= 11 is 3.27. The molecule has 1 heterocycles. The van der Waals surface area contributed by atoms with Gasteiger partial charge in [-0.2, -0.15) is 5.26 Å². The Morgan fingerprint density at radius 3 is 2.68 bits per heavy atom. The molecule has 0 spiro atoms. The van der Waals surface area contributed by atoms with Crippen molar-refractivity contribution in [2.24, 2.45) is 0 Å². The monoisotopic (exact) mass is 423 g/mol. The van der Waals surface area contributed by atoms with E-state index >= 15 is 0 Å². The summed E-state index contributed by atoms with van der Waals surface area (Å²) < 4.78 is 33.1. The summed E-state index contributed by atoms with van der Waals surface area (Å²) in [6, 6.07) is 8.35. The summed E-state index contributed by atoms with van der Waals surface area (Å²) in [4.78, 5) is 4.37. The van der Waals surface area contributed by atoms with Crippen LogP contribution in [0, 0.1) is 11.3 Å². The van der Waals surface area contributed by atoms with Crippen LogP contribution in [0.25, 0.3) is 0 Å². The van der Waals surface area contributed by atoms with Crippen molar-refractivity contribution in [1.29, 1.82) is 5.26 Å². The third-order valence-electron chi connectivity index (χ3n) is 4.43. The summed E-state index contributed by atoms with van der Waals surface area (Å²) in [5, 5.41) is 9.36. The van der Waals surface area contributed by atoms with Crippen LogP contribution in [0.15, 0.2) is 38.1 Å². The van der Waals surface area contributed by atoms with Gasteiger partial charge < -0.3 is 4.42 Å². The molecule has 1 saturated carbocycles. The zero-order valence-corrected chi connectivity index (χ0v) is 16.2. The topological polar surface area (TPSA) is 87.2 Å². The summed E-state index contributed by atoms with van der Waals surface area (Å²) in [5.74, 6) is 0.585. The van der Waals surface area contributed by atoms with Crippen molar-refractivity contribution in [2.75, 3.05) is 11.4 Å². The van der Waals surface area contributed by atoms with Crippen molar-refractivity contribution in [2.45, 2.75) is 42.9 Å². The maximum absolute atomic E-state index is 12.8. The number of anilines is 1. The number of hydrogen-bond acceptors (Lipinski definition) is 5. The van der Waals surface area contributed by atoms with Crippen LogP contribution in [0.2, 0.25) is 0 Å². The third kappa shape index (κ3) is 3.58. The van der Waals surface area contributed by atoms with E-state index in [-0.39, 0.29) is 22.4 Å². The van der Waals surface area contributed by atoms with Crippen molar-refractivity contribution >= 4 is 31.8 Å². The van der Waals surface area contributed by atoms with Gasteiger partial charge in [-0.05, 0) is 31.0 Å². The maximum atomic E-state index is 12.8. The standard InChI is InChI=1S/C17H18BrN3O3S/c1-21(25(22,23)14-9-5-8-13(18)10-14)17-15(11-19)20-16(24-17)12-6-3-2-4-7-12/h5,8-10,12H,2-4,6-7H2,1H3. The highest BCUT2D eigenvalue weighted by Gasteiger charge is 2.30. The largest absolute Gasteiger partial charge is 0.422 e. The zero-order valence-electron chi connectivity index (χ0n) is 13.8. The smallest absolute Gasteiger partial charge is 0.266 e. The number of halogens is 1. The van der Waals surface area contributed by atoms with E-state index in [1.165, 1.54) is 25.6 Å². The van der Waals surface area contributed by atoms with E-state index in [2.05, 4.69) is 20.9 Å². The van der Waals surface area contributed by atoms with Gasteiger partial charge in [0, 0.05) is 17.4 Å². The molecule has 0 aliphatic heterocycles. The SMILES string of the molecule is CN(c1oc(C2CCCCC2)nc1C#N)S(=O)(=O)c1cccc(Br)c1. The molecule has 2 aromatic rings. The Bertz CT molecular complexity index is 911. The van der Waals surface area contributed by atoms with Gasteiger partial charge in [0.1, 0.15) is 6.07 Å². The molecule has 0 bridgehead atoms. The van der Waals surface area contributed by atoms with Gasteiger partial charge >= 0.3 is 0 Å². The van der Waals surface area contributed by atoms with Gasteiger partial charge in [0.15, 0.2) is 0 Å². The minimum absolute atomic E-state index is 0.00152. The molecule has 0 amide bonds. The van der Waals surface area contributed by atoms with Gasteiger partial charge in [-0.15, -0.1) is 0 Å². The summed E-state index contributed by atoms with van der Waals surface area (Å²) in [6.07, 6.45) is 5.28. The van der Waals surface area contributed by atoms with Crippen LogP contribution in [-0.2, 0) is 10.0 Å². The molecule has 0 N–H and O–H groups in total. The summed E-state index contributed by atoms with van der Waals surface area (Å²) in [6.45, 7) is 0. The number of oxazole rings is 1. The molecule has 0 saturated heterocycles. The lowest BCUT2D eigenvalue weighted by Gasteiger charge is -2.19. The molecule has 1 aromatic carbocycles. The molecular formula is C17H18BrN3O3S. The molecular weight excluding hydrogens is 406 g/mol. The highest BCUT2D eigenvalue weighted by Crippen LogP contribution is 2.36. The Balaban J connectivity index is 1.97. The van der Waals surface area contributed by atoms with Crippen molar-refractivity contribution in [3.63, 3.8) is 0 Å².